The van der Waals surface area contributed by atoms with Crippen LogP contribution in [-0.2, 0) is 22.6 Å². The molecule has 3 amide bonds. The minimum Gasteiger partial charge on any atom is -0.497 e. The van der Waals surface area contributed by atoms with Crippen molar-refractivity contribution >= 4 is 17.7 Å². The topological polar surface area (TPSA) is 111 Å². The molecule has 0 bridgehead atoms. The smallest absolute Gasteiger partial charge is 0.251 e. The summed E-state index contributed by atoms with van der Waals surface area (Å²) in [5.41, 5.74) is 7.12. The quantitative estimate of drug-likeness (QED) is 0.649. The molecule has 0 aliphatic carbocycles. The molecule has 0 aromatic heterocycles. The van der Waals surface area contributed by atoms with Crippen LogP contribution in [-0.4, -0.2) is 31.4 Å². The third-order valence-corrected chi connectivity index (χ3v) is 3.63. The highest BCUT2D eigenvalue weighted by Gasteiger charge is 2.07. The zero-order valence-corrected chi connectivity index (χ0v) is 14.5. The zero-order chi connectivity index (χ0) is 18.9. The number of nitrogens with one attached hydrogen (secondary N) is 2. The number of nitrogens with two attached hydrogens (primary N) is 1. The second kappa shape index (κ2) is 9.22. The summed E-state index contributed by atoms with van der Waals surface area (Å²) in [7, 11) is 1.58. The van der Waals surface area contributed by atoms with Gasteiger partial charge < -0.3 is 21.1 Å². The van der Waals surface area contributed by atoms with Crippen molar-refractivity contribution < 1.29 is 19.1 Å². The van der Waals surface area contributed by atoms with Gasteiger partial charge in [0.25, 0.3) is 5.91 Å². The van der Waals surface area contributed by atoms with E-state index in [1.165, 1.54) is 0 Å². The average Bonchev–Trinajstić information content (AvgIpc) is 2.65. The summed E-state index contributed by atoms with van der Waals surface area (Å²) < 4.78 is 5.14. The molecule has 136 valence electrons. The van der Waals surface area contributed by atoms with E-state index in [0.717, 1.165) is 11.1 Å². The molecule has 26 heavy (non-hydrogen) atoms. The Morgan fingerprint density at radius 1 is 1.00 bits per heavy atom. The molecule has 0 atom stereocenters. The molecular formula is C19H21N3O4. The molecule has 0 saturated carbocycles. The highest BCUT2D eigenvalue weighted by Crippen LogP contribution is 2.13. The lowest BCUT2D eigenvalue weighted by atomic mass is 10.1. The van der Waals surface area contributed by atoms with E-state index in [2.05, 4.69) is 10.6 Å². The van der Waals surface area contributed by atoms with E-state index in [0.29, 0.717) is 17.9 Å². The van der Waals surface area contributed by atoms with E-state index in [1.54, 1.807) is 31.4 Å². The van der Waals surface area contributed by atoms with Crippen LogP contribution in [0.1, 0.15) is 21.5 Å². The fraction of sp³-hybridized carbons (Fsp3) is 0.211. The van der Waals surface area contributed by atoms with Crippen molar-refractivity contribution in [3.8, 4) is 5.75 Å². The second-order valence-corrected chi connectivity index (χ2v) is 5.65. The van der Waals surface area contributed by atoms with Gasteiger partial charge in [0.05, 0.1) is 20.1 Å². The highest BCUT2D eigenvalue weighted by molar-refractivity contribution is 5.96. The highest BCUT2D eigenvalue weighted by atomic mass is 16.5. The predicted molar refractivity (Wildman–Crippen MR) is 96.5 cm³/mol. The number of rotatable bonds is 8. The first-order valence-corrected chi connectivity index (χ1v) is 8.03. The number of hydrogen-bond donors (Lipinski definition) is 3. The van der Waals surface area contributed by atoms with Crippen LogP contribution in [0.3, 0.4) is 0 Å². The van der Waals surface area contributed by atoms with Crippen molar-refractivity contribution in [2.75, 3.05) is 13.7 Å². The second-order valence-electron chi connectivity index (χ2n) is 5.65. The molecule has 0 radical (unpaired) electrons. The summed E-state index contributed by atoms with van der Waals surface area (Å²) in [5, 5.41) is 5.24. The van der Waals surface area contributed by atoms with E-state index >= 15 is 0 Å². The van der Waals surface area contributed by atoms with Crippen LogP contribution < -0.4 is 21.1 Å². The first-order valence-electron chi connectivity index (χ1n) is 8.03. The first kappa shape index (κ1) is 19.0. The maximum atomic E-state index is 12.0. The number of hydrogen-bond acceptors (Lipinski definition) is 4. The molecule has 4 N–H and O–H groups in total. The molecule has 2 aromatic rings. The van der Waals surface area contributed by atoms with Gasteiger partial charge in [0, 0.05) is 12.1 Å². The Bertz CT molecular complexity index is 788. The van der Waals surface area contributed by atoms with Crippen LogP contribution >= 0.6 is 0 Å². The number of ether oxygens (including phenoxy) is 1. The normalized spacial score (nSPS) is 10.0. The van der Waals surface area contributed by atoms with Gasteiger partial charge in [-0.25, -0.2) is 0 Å². The number of carbonyl (C=O) groups excluding carboxylic acids is 3. The molecule has 0 saturated heterocycles. The zero-order valence-electron chi connectivity index (χ0n) is 14.5. The lowest BCUT2D eigenvalue weighted by Crippen LogP contribution is -2.33. The van der Waals surface area contributed by atoms with Gasteiger partial charge in [-0.3, -0.25) is 14.4 Å². The Hall–Kier alpha value is -3.35. The summed E-state index contributed by atoms with van der Waals surface area (Å²) in [6, 6.07) is 14.1. The Morgan fingerprint density at radius 3 is 2.38 bits per heavy atom. The average molecular weight is 355 g/mol. The molecule has 7 nitrogen and oxygen atoms in total. The summed E-state index contributed by atoms with van der Waals surface area (Å²) in [4.78, 5) is 34.5. The summed E-state index contributed by atoms with van der Waals surface area (Å²) in [5.74, 6) is -0.381. The lowest BCUT2D eigenvalue weighted by molar-refractivity contribution is -0.120. The SMILES string of the molecule is COc1cccc(CC(=O)NCc2ccc(C(=O)NCC(N)=O)cc2)c1. The molecule has 0 aliphatic heterocycles. The van der Waals surface area contributed by atoms with E-state index in [1.807, 2.05) is 24.3 Å². The third-order valence-electron chi connectivity index (χ3n) is 3.63. The first-order chi connectivity index (χ1) is 12.5. The fourth-order valence-corrected chi connectivity index (χ4v) is 2.27. The van der Waals surface area contributed by atoms with Gasteiger partial charge in [0.1, 0.15) is 5.75 Å². The fourth-order valence-electron chi connectivity index (χ4n) is 2.27. The van der Waals surface area contributed by atoms with Gasteiger partial charge >= 0.3 is 0 Å². The Labute approximate surface area is 151 Å². The molecule has 0 aliphatic rings. The number of benzene rings is 2. The maximum Gasteiger partial charge on any atom is 0.251 e. The maximum absolute atomic E-state index is 12.0. The van der Waals surface area contributed by atoms with Crippen molar-refractivity contribution in [1.82, 2.24) is 10.6 Å². The summed E-state index contributed by atoms with van der Waals surface area (Å²) in [6.07, 6.45) is 0.255. The van der Waals surface area contributed by atoms with Crippen LogP contribution in [0.2, 0.25) is 0 Å². The predicted octanol–water partition coefficient (Wildman–Crippen LogP) is 0.769. The number of carbonyl (C=O) groups is 3. The van der Waals surface area contributed by atoms with E-state index < -0.39 is 5.91 Å². The van der Waals surface area contributed by atoms with Crippen molar-refractivity contribution in [3.63, 3.8) is 0 Å². The number of methoxy groups -OCH3 is 1. The number of amides is 3. The van der Waals surface area contributed by atoms with Gasteiger partial charge in [0.2, 0.25) is 11.8 Å². The van der Waals surface area contributed by atoms with Crippen LogP contribution in [0.4, 0.5) is 0 Å². The van der Waals surface area contributed by atoms with Crippen molar-refractivity contribution in [1.29, 1.82) is 0 Å². The Morgan fingerprint density at radius 2 is 1.73 bits per heavy atom. The largest absolute Gasteiger partial charge is 0.497 e. The monoisotopic (exact) mass is 355 g/mol. The van der Waals surface area contributed by atoms with Crippen LogP contribution in [0.15, 0.2) is 48.5 Å². The van der Waals surface area contributed by atoms with E-state index in [9.17, 15) is 14.4 Å². The molecule has 0 fully saturated rings. The summed E-state index contributed by atoms with van der Waals surface area (Å²) in [6.45, 7) is 0.146. The molecule has 2 rings (SSSR count). The molecule has 7 heteroatoms. The minimum atomic E-state index is -0.603. The van der Waals surface area contributed by atoms with Gasteiger partial charge in [-0.05, 0) is 35.4 Å². The Kier molecular flexibility index (Phi) is 6.73. The van der Waals surface area contributed by atoms with Gasteiger partial charge in [-0.2, -0.15) is 0 Å². The van der Waals surface area contributed by atoms with Crippen molar-refractivity contribution in [2.45, 2.75) is 13.0 Å². The standard InChI is InChI=1S/C19H21N3O4/c1-26-16-4-2-3-14(9-16)10-18(24)21-11-13-5-7-15(8-6-13)19(25)22-12-17(20)23/h2-9H,10-12H2,1H3,(H2,20,23)(H,21,24)(H,22,25). The van der Waals surface area contributed by atoms with Crippen molar-refractivity contribution in [3.05, 3.63) is 65.2 Å². The van der Waals surface area contributed by atoms with E-state index in [4.69, 9.17) is 10.5 Å². The van der Waals surface area contributed by atoms with Crippen LogP contribution in [0.5, 0.6) is 5.75 Å². The van der Waals surface area contributed by atoms with Gasteiger partial charge in [-0.1, -0.05) is 24.3 Å². The molecular weight excluding hydrogens is 334 g/mol. The molecule has 0 heterocycles. The third kappa shape index (κ3) is 5.94. The van der Waals surface area contributed by atoms with Gasteiger partial charge in [0.15, 0.2) is 0 Å². The minimum absolute atomic E-state index is 0.110. The number of primary amides is 1. The van der Waals surface area contributed by atoms with Crippen molar-refractivity contribution in [2.24, 2.45) is 5.73 Å². The van der Waals surface area contributed by atoms with E-state index in [-0.39, 0.29) is 24.8 Å². The molecule has 0 unspecified atom stereocenters. The van der Waals surface area contributed by atoms with Gasteiger partial charge in [-0.15, -0.1) is 0 Å². The van der Waals surface area contributed by atoms with Crippen LogP contribution in [0.25, 0.3) is 0 Å². The van der Waals surface area contributed by atoms with Crippen LogP contribution in [0, 0.1) is 0 Å². The molecule has 2 aromatic carbocycles. The summed E-state index contributed by atoms with van der Waals surface area (Å²) >= 11 is 0. The molecule has 0 spiro atoms. The lowest BCUT2D eigenvalue weighted by Gasteiger charge is -2.08. The Balaban J connectivity index is 1.84.